The zero-order valence-electron chi connectivity index (χ0n) is 15.1. The maximum atomic E-state index is 12.4. The highest BCUT2D eigenvalue weighted by atomic mass is 32.2. The summed E-state index contributed by atoms with van der Waals surface area (Å²) in [6.07, 6.45) is 1.76. The van der Waals surface area contributed by atoms with Gasteiger partial charge >= 0.3 is 5.97 Å². The number of benzene rings is 1. The van der Waals surface area contributed by atoms with E-state index >= 15 is 0 Å². The Morgan fingerprint density at radius 1 is 1.19 bits per heavy atom. The van der Waals surface area contributed by atoms with Crippen molar-refractivity contribution in [1.29, 1.82) is 0 Å². The summed E-state index contributed by atoms with van der Waals surface area (Å²) in [7, 11) is -3.80. The van der Waals surface area contributed by atoms with Crippen molar-refractivity contribution in [2.45, 2.75) is 36.9 Å². The first-order valence-corrected chi connectivity index (χ1v) is 10.8. The van der Waals surface area contributed by atoms with E-state index in [1.165, 1.54) is 18.2 Å². The lowest BCUT2D eigenvalue weighted by Crippen LogP contribution is -2.35. The summed E-state index contributed by atoms with van der Waals surface area (Å²) in [5.74, 6) is -1.18. The topological polar surface area (TPSA) is 102 Å². The van der Waals surface area contributed by atoms with Gasteiger partial charge in [-0.1, -0.05) is 31.5 Å². The molecule has 1 amide bonds. The van der Waals surface area contributed by atoms with Gasteiger partial charge in [0.25, 0.3) is 15.9 Å². The van der Waals surface area contributed by atoms with Crippen molar-refractivity contribution in [3.63, 3.8) is 0 Å². The number of carbonyl (C=O) groups is 2. The van der Waals surface area contributed by atoms with Crippen molar-refractivity contribution in [1.82, 2.24) is 5.32 Å². The van der Waals surface area contributed by atoms with Gasteiger partial charge in [0, 0.05) is 6.04 Å². The zero-order chi connectivity index (χ0) is 19.9. The van der Waals surface area contributed by atoms with Crippen molar-refractivity contribution in [2.24, 2.45) is 0 Å². The number of thiophene rings is 1. The van der Waals surface area contributed by atoms with E-state index in [0.29, 0.717) is 0 Å². The number of hydrogen-bond donors (Lipinski definition) is 2. The first-order chi connectivity index (χ1) is 12.8. The highest BCUT2D eigenvalue weighted by molar-refractivity contribution is 7.94. The van der Waals surface area contributed by atoms with E-state index in [2.05, 4.69) is 10.0 Å². The number of anilines is 1. The molecule has 0 radical (unpaired) electrons. The molecule has 2 rings (SSSR count). The Bertz CT molecular complexity index is 879. The van der Waals surface area contributed by atoms with E-state index in [4.69, 9.17) is 4.74 Å². The van der Waals surface area contributed by atoms with Gasteiger partial charge in [-0.05, 0) is 36.9 Å². The summed E-state index contributed by atoms with van der Waals surface area (Å²) in [5, 5.41) is 4.38. The molecule has 0 saturated heterocycles. The second-order valence-corrected chi connectivity index (χ2v) is 8.77. The summed E-state index contributed by atoms with van der Waals surface area (Å²) < 4.78 is 32.3. The minimum atomic E-state index is -3.80. The maximum absolute atomic E-state index is 12.4. The van der Waals surface area contributed by atoms with Gasteiger partial charge in [-0.2, -0.15) is 0 Å². The Morgan fingerprint density at radius 3 is 2.59 bits per heavy atom. The normalized spacial score (nSPS) is 12.2. The van der Waals surface area contributed by atoms with Crippen molar-refractivity contribution in [3.8, 4) is 0 Å². The highest BCUT2D eigenvalue weighted by Crippen LogP contribution is 2.23. The molecule has 0 spiro atoms. The van der Waals surface area contributed by atoms with Crippen LogP contribution >= 0.6 is 11.3 Å². The van der Waals surface area contributed by atoms with Gasteiger partial charge in [0.1, 0.15) is 4.21 Å². The summed E-state index contributed by atoms with van der Waals surface area (Å²) in [4.78, 5) is 24.2. The van der Waals surface area contributed by atoms with E-state index < -0.39 is 28.5 Å². The Morgan fingerprint density at radius 2 is 1.93 bits per heavy atom. The molecule has 7 nitrogen and oxygen atoms in total. The number of para-hydroxylation sites is 1. The lowest BCUT2D eigenvalue weighted by atomic mass is 10.2. The average molecular weight is 411 g/mol. The number of amides is 1. The molecule has 1 unspecified atom stereocenters. The lowest BCUT2D eigenvalue weighted by molar-refractivity contribution is -0.124. The molecule has 0 bridgehead atoms. The molecule has 1 aromatic heterocycles. The third-order valence-electron chi connectivity index (χ3n) is 3.61. The SMILES string of the molecule is CCCC(C)NC(=O)COC(=O)c1ccccc1NS(=O)(=O)c1cccs1. The molecule has 0 saturated carbocycles. The molecule has 2 aromatic rings. The summed E-state index contributed by atoms with van der Waals surface area (Å²) in [6.45, 7) is 3.45. The van der Waals surface area contributed by atoms with Crippen LogP contribution in [0.4, 0.5) is 5.69 Å². The third kappa shape index (κ3) is 6.07. The molecule has 9 heteroatoms. The number of sulfonamides is 1. The van der Waals surface area contributed by atoms with E-state index in [1.807, 2.05) is 13.8 Å². The fraction of sp³-hybridized carbons (Fsp3) is 0.333. The third-order valence-corrected chi connectivity index (χ3v) is 6.38. The molecule has 0 aliphatic rings. The lowest BCUT2D eigenvalue weighted by Gasteiger charge is -2.14. The van der Waals surface area contributed by atoms with Crippen LogP contribution < -0.4 is 10.0 Å². The van der Waals surface area contributed by atoms with Crippen molar-refractivity contribution in [3.05, 3.63) is 47.3 Å². The molecule has 0 aliphatic carbocycles. The van der Waals surface area contributed by atoms with Gasteiger partial charge in [-0.25, -0.2) is 13.2 Å². The van der Waals surface area contributed by atoms with E-state index in [0.717, 1.165) is 24.2 Å². The van der Waals surface area contributed by atoms with Crippen LogP contribution in [0.25, 0.3) is 0 Å². The fourth-order valence-corrected chi connectivity index (χ4v) is 4.46. The molecule has 1 heterocycles. The predicted octanol–water partition coefficient (Wildman–Crippen LogP) is 3.01. The van der Waals surface area contributed by atoms with Gasteiger partial charge < -0.3 is 10.1 Å². The van der Waals surface area contributed by atoms with Gasteiger partial charge in [0.2, 0.25) is 0 Å². The maximum Gasteiger partial charge on any atom is 0.340 e. The molecule has 0 fully saturated rings. The smallest absolute Gasteiger partial charge is 0.340 e. The van der Waals surface area contributed by atoms with Crippen LogP contribution in [0.3, 0.4) is 0 Å². The van der Waals surface area contributed by atoms with Crippen LogP contribution in [0.1, 0.15) is 37.0 Å². The molecule has 1 atom stereocenters. The number of hydrogen-bond acceptors (Lipinski definition) is 6. The Kier molecular flexibility index (Phi) is 7.37. The van der Waals surface area contributed by atoms with E-state index in [-0.39, 0.29) is 21.5 Å². The second kappa shape index (κ2) is 9.52. The standard InChI is InChI=1S/C18H22N2O5S2/c1-3-7-13(2)19-16(21)12-25-18(22)14-8-4-5-9-15(14)20-27(23,24)17-10-6-11-26-17/h4-6,8-11,13,20H,3,7,12H2,1-2H3,(H,19,21). The molecule has 1 aromatic carbocycles. The van der Waals surface area contributed by atoms with Crippen LogP contribution in [0.2, 0.25) is 0 Å². The fourth-order valence-electron chi connectivity index (χ4n) is 2.39. The molecule has 0 aliphatic heterocycles. The van der Waals surface area contributed by atoms with Crippen molar-refractivity contribution in [2.75, 3.05) is 11.3 Å². The number of rotatable bonds is 9. The van der Waals surface area contributed by atoms with Crippen LogP contribution in [-0.2, 0) is 19.6 Å². The summed E-state index contributed by atoms with van der Waals surface area (Å²) in [6, 6.07) is 9.17. The van der Waals surface area contributed by atoms with Gasteiger partial charge in [0.15, 0.2) is 6.61 Å². The van der Waals surface area contributed by atoms with Crippen LogP contribution in [0.15, 0.2) is 46.0 Å². The Labute approximate surface area is 162 Å². The number of esters is 1. The molecule has 2 N–H and O–H groups in total. The summed E-state index contributed by atoms with van der Waals surface area (Å²) >= 11 is 1.07. The quantitative estimate of drug-likeness (QED) is 0.619. The van der Waals surface area contributed by atoms with Gasteiger partial charge in [0.05, 0.1) is 11.3 Å². The van der Waals surface area contributed by atoms with Crippen LogP contribution in [-0.4, -0.2) is 32.9 Å². The molecular formula is C18H22N2O5S2. The Balaban J connectivity index is 2.04. The predicted molar refractivity (Wildman–Crippen MR) is 104 cm³/mol. The molecule has 27 heavy (non-hydrogen) atoms. The highest BCUT2D eigenvalue weighted by Gasteiger charge is 2.20. The number of carbonyl (C=O) groups excluding carboxylic acids is 2. The van der Waals surface area contributed by atoms with Crippen molar-refractivity contribution >= 4 is 38.9 Å². The average Bonchev–Trinajstić information content (AvgIpc) is 3.15. The van der Waals surface area contributed by atoms with Crippen LogP contribution in [0, 0.1) is 0 Å². The minimum Gasteiger partial charge on any atom is -0.452 e. The van der Waals surface area contributed by atoms with E-state index in [9.17, 15) is 18.0 Å². The van der Waals surface area contributed by atoms with E-state index in [1.54, 1.807) is 23.6 Å². The van der Waals surface area contributed by atoms with Crippen molar-refractivity contribution < 1.29 is 22.7 Å². The molecular weight excluding hydrogens is 388 g/mol. The zero-order valence-corrected chi connectivity index (χ0v) is 16.7. The number of nitrogens with one attached hydrogen (secondary N) is 2. The second-order valence-electron chi connectivity index (χ2n) is 5.92. The monoisotopic (exact) mass is 410 g/mol. The Hall–Kier alpha value is -2.39. The largest absolute Gasteiger partial charge is 0.452 e. The first-order valence-electron chi connectivity index (χ1n) is 8.45. The summed E-state index contributed by atoms with van der Waals surface area (Å²) in [5.41, 5.74) is 0.127. The van der Waals surface area contributed by atoms with Gasteiger partial charge in [-0.3, -0.25) is 9.52 Å². The number of ether oxygens (including phenoxy) is 1. The minimum absolute atomic E-state index is 0.00825. The van der Waals surface area contributed by atoms with Gasteiger partial charge in [-0.15, -0.1) is 11.3 Å². The first kappa shape index (κ1) is 20.9. The van der Waals surface area contributed by atoms with Crippen LogP contribution in [0.5, 0.6) is 0 Å². The molecule has 146 valence electrons.